The summed E-state index contributed by atoms with van der Waals surface area (Å²) in [6.45, 7) is 5.59. The highest BCUT2D eigenvalue weighted by atomic mass is 32.1. The Morgan fingerprint density at radius 1 is 1.36 bits per heavy atom. The lowest BCUT2D eigenvalue weighted by atomic mass is 10.2. The van der Waals surface area contributed by atoms with Crippen molar-refractivity contribution in [3.8, 4) is 0 Å². The van der Waals surface area contributed by atoms with Gasteiger partial charge in [-0.25, -0.2) is 0 Å². The number of hydrogen-bond acceptors (Lipinski definition) is 4. The molecule has 2 aromatic rings. The molecule has 0 aromatic carbocycles. The quantitative estimate of drug-likeness (QED) is 0.943. The third kappa shape index (κ3) is 3.06. The lowest BCUT2D eigenvalue weighted by Gasteiger charge is -2.07. The average Bonchev–Trinajstić information content (AvgIpc) is 3.00. The van der Waals surface area contributed by atoms with Gasteiger partial charge >= 0.3 is 0 Å². The van der Waals surface area contributed by atoms with Crippen LogP contribution in [0.5, 0.6) is 0 Å². The van der Waals surface area contributed by atoms with Crippen molar-refractivity contribution in [3.63, 3.8) is 0 Å². The van der Waals surface area contributed by atoms with E-state index in [0.717, 1.165) is 42.3 Å². The number of fused-ring (bicyclic) bond motifs is 1. The third-order valence-electron chi connectivity index (χ3n) is 4.16. The van der Waals surface area contributed by atoms with Crippen LogP contribution < -0.4 is 5.32 Å². The van der Waals surface area contributed by atoms with Gasteiger partial charge in [0.05, 0.1) is 11.4 Å². The second kappa shape index (κ2) is 6.60. The van der Waals surface area contributed by atoms with Gasteiger partial charge in [0.15, 0.2) is 5.82 Å². The van der Waals surface area contributed by atoms with E-state index in [9.17, 15) is 4.79 Å². The van der Waals surface area contributed by atoms with Crippen molar-refractivity contribution in [3.05, 3.63) is 33.0 Å². The van der Waals surface area contributed by atoms with Crippen LogP contribution in [-0.2, 0) is 25.9 Å². The molecule has 0 unspecified atom stereocenters. The second-order valence-corrected chi connectivity index (χ2v) is 6.88. The number of carbonyl (C=O) groups is 1. The molecule has 2 aromatic heterocycles. The second-order valence-electron chi connectivity index (χ2n) is 5.75. The van der Waals surface area contributed by atoms with Crippen molar-refractivity contribution < 1.29 is 4.79 Å². The predicted octanol–water partition coefficient (Wildman–Crippen LogP) is 2.87. The number of nitrogens with zero attached hydrogens (tertiary/aromatic N) is 3. The van der Waals surface area contributed by atoms with Crippen molar-refractivity contribution in [1.29, 1.82) is 0 Å². The molecule has 5 nitrogen and oxygen atoms in total. The minimum atomic E-state index is -0.0150. The summed E-state index contributed by atoms with van der Waals surface area (Å²) >= 11 is 1.58. The first-order valence-electron chi connectivity index (χ1n) is 7.97. The molecule has 6 heteroatoms. The molecule has 0 aliphatic carbocycles. The zero-order valence-corrected chi connectivity index (χ0v) is 14.0. The minimum absolute atomic E-state index is 0.0150. The van der Waals surface area contributed by atoms with Crippen LogP contribution in [0.2, 0.25) is 0 Å². The lowest BCUT2D eigenvalue weighted by molar-refractivity contribution is 0.0953. The van der Waals surface area contributed by atoms with Crippen molar-refractivity contribution in [2.45, 2.75) is 59.0 Å². The van der Waals surface area contributed by atoms with Crippen molar-refractivity contribution >= 4 is 17.2 Å². The van der Waals surface area contributed by atoms with Crippen LogP contribution >= 0.6 is 11.3 Å². The van der Waals surface area contributed by atoms with Crippen LogP contribution in [-0.4, -0.2) is 20.7 Å². The SMILES string of the molecule is CCc1sc(C(=O)NCc2nnc3n2CCCCC3)cc1C. The Morgan fingerprint density at radius 3 is 3.00 bits per heavy atom. The summed E-state index contributed by atoms with van der Waals surface area (Å²) in [6, 6.07) is 1.98. The smallest absolute Gasteiger partial charge is 0.261 e. The Bertz CT molecular complexity index is 674. The zero-order chi connectivity index (χ0) is 15.5. The lowest BCUT2D eigenvalue weighted by Crippen LogP contribution is -2.24. The van der Waals surface area contributed by atoms with Crippen molar-refractivity contribution in [2.75, 3.05) is 0 Å². The van der Waals surface area contributed by atoms with Crippen molar-refractivity contribution in [2.24, 2.45) is 0 Å². The molecule has 1 aliphatic rings. The van der Waals surface area contributed by atoms with Gasteiger partial charge in [-0.15, -0.1) is 21.5 Å². The highest BCUT2D eigenvalue weighted by Gasteiger charge is 2.16. The molecule has 0 radical (unpaired) electrons. The molecular formula is C16H22N4OS. The fraction of sp³-hybridized carbons (Fsp3) is 0.562. The topological polar surface area (TPSA) is 59.8 Å². The summed E-state index contributed by atoms with van der Waals surface area (Å²) in [5, 5.41) is 11.5. The van der Waals surface area contributed by atoms with Crippen LogP contribution in [0.3, 0.4) is 0 Å². The average molecular weight is 318 g/mol. The number of thiophene rings is 1. The maximum absolute atomic E-state index is 12.3. The van der Waals surface area contributed by atoms with E-state index in [1.165, 1.54) is 23.3 Å². The van der Waals surface area contributed by atoms with Gasteiger partial charge in [-0.2, -0.15) is 0 Å². The van der Waals surface area contributed by atoms with E-state index in [0.29, 0.717) is 6.54 Å². The van der Waals surface area contributed by atoms with E-state index < -0.39 is 0 Å². The minimum Gasteiger partial charge on any atom is -0.344 e. The Hall–Kier alpha value is -1.69. The maximum Gasteiger partial charge on any atom is 0.261 e. The maximum atomic E-state index is 12.3. The number of carbonyl (C=O) groups excluding carboxylic acids is 1. The fourth-order valence-corrected chi connectivity index (χ4v) is 3.94. The van der Waals surface area contributed by atoms with E-state index in [-0.39, 0.29) is 5.91 Å². The highest BCUT2D eigenvalue weighted by molar-refractivity contribution is 7.14. The van der Waals surface area contributed by atoms with E-state index in [1.54, 1.807) is 11.3 Å². The van der Waals surface area contributed by atoms with Crippen LogP contribution in [0.15, 0.2) is 6.07 Å². The van der Waals surface area contributed by atoms with Gasteiger partial charge in [-0.1, -0.05) is 13.3 Å². The number of rotatable bonds is 4. The standard InChI is InChI=1S/C16H22N4OS/c1-3-12-11(2)9-13(22-12)16(21)17-10-15-19-18-14-7-5-4-6-8-20(14)15/h9H,3-8,10H2,1-2H3,(H,17,21). The predicted molar refractivity (Wildman–Crippen MR) is 87.2 cm³/mol. The third-order valence-corrected chi connectivity index (χ3v) is 5.54. The number of nitrogens with one attached hydrogen (secondary N) is 1. The van der Waals surface area contributed by atoms with Gasteiger partial charge in [0.1, 0.15) is 5.82 Å². The molecule has 0 bridgehead atoms. The molecular weight excluding hydrogens is 296 g/mol. The molecule has 0 saturated heterocycles. The molecule has 1 amide bonds. The van der Waals surface area contributed by atoms with Crippen LogP contribution in [0.4, 0.5) is 0 Å². The van der Waals surface area contributed by atoms with Gasteiger partial charge in [-0.05, 0) is 37.8 Å². The summed E-state index contributed by atoms with van der Waals surface area (Å²) in [5.41, 5.74) is 1.20. The van der Waals surface area contributed by atoms with E-state index in [4.69, 9.17) is 0 Å². The molecule has 118 valence electrons. The highest BCUT2D eigenvalue weighted by Crippen LogP contribution is 2.22. The monoisotopic (exact) mass is 318 g/mol. The Labute approximate surface area is 134 Å². The van der Waals surface area contributed by atoms with Gasteiger partial charge in [0, 0.05) is 17.8 Å². The number of amides is 1. The molecule has 0 spiro atoms. The van der Waals surface area contributed by atoms with Crippen LogP contribution in [0.1, 0.15) is 57.9 Å². The van der Waals surface area contributed by atoms with Gasteiger partial charge in [-0.3, -0.25) is 4.79 Å². The van der Waals surface area contributed by atoms with Gasteiger partial charge < -0.3 is 9.88 Å². The van der Waals surface area contributed by atoms with Gasteiger partial charge in [0.25, 0.3) is 5.91 Å². The summed E-state index contributed by atoms with van der Waals surface area (Å²) in [4.78, 5) is 14.4. The van der Waals surface area contributed by atoms with Gasteiger partial charge in [0.2, 0.25) is 0 Å². The van der Waals surface area contributed by atoms with Crippen molar-refractivity contribution in [1.82, 2.24) is 20.1 Å². The molecule has 1 N–H and O–H groups in total. The molecule has 3 heterocycles. The molecule has 0 fully saturated rings. The largest absolute Gasteiger partial charge is 0.344 e. The number of aryl methyl sites for hydroxylation is 3. The Balaban J connectivity index is 1.67. The fourth-order valence-electron chi connectivity index (χ4n) is 2.91. The summed E-state index contributed by atoms with van der Waals surface area (Å²) in [6.07, 6.45) is 5.55. The van der Waals surface area contributed by atoms with E-state index in [2.05, 4.69) is 33.9 Å². The summed E-state index contributed by atoms with van der Waals surface area (Å²) in [5.74, 6) is 1.91. The first kappa shape index (κ1) is 15.2. The summed E-state index contributed by atoms with van der Waals surface area (Å²) < 4.78 is 2.17. The first-order valence-corrected chi connectivity index (χ1v) is 8.79. The zero-order valence-electron chi connectivity index (χ0n) is 13.2. The van der Waals surface area contributed by atoms with Crippen LogP contribution in [0.25, 0.3) is 0 Å². The Kier molecular flexibility index (Phi) is 4.57. The normalized spacial score (nSPS) is 14.5. The van der Waals surface area contributed by atoms with E-state index in [1.807, 2.05) is 6.07 Å². The molecule has 0 saturated carbocycles. The van der Waals surface area contributed by atoms with Crippen LogP contribution in [0, 0.1) is 6.92 Å². The van der Waals surface area contributed by atoms with E-state index >= 15 is 0 Å². The Morgan fingerprint density at radius 2 is 2.23 bits per heavy atom. The number of hydrogen-bond donors (Lipinski definition) is 1. The molecule has 1 aliphatic heterocycles. The number of aromatic nitrogens is 3. The molecule has 0 atom stereocenters. The summed E-state index contributed by atoms with van der Waals surface area (Å²) in [7, 11) is 0. The molecule has 22 heavy (non-hydrogen) atoms. The first-order chi connectivity index (χ1) is 10.7. The molecule has 3 rings (SSSR count).